The van der Waals surface area contributed by atoms with Gasteiger partial charge in [0.1, 0.15) is 6.67 Å². The van der Waals surface area contributed by atoms with Gasteiger partial charge >= 0.3 is 0 Å². The van der Waals surface area contributed by atoms with Gasteiger partial charge in [-0.3, -0.25) is 0 Å². The highest BCUT2D eigenvalue weighted by Crippen LogP contribution is 2.53. The summed E-state index contributed by atoms with van der Waals surface area (Å²) in [6, 6.07) is 70.6. The van der Waals surface area contributed by atoms with Crippen LogP contribution < -0.4 is 0 Å². The molecule has 0 saturated heterocycles. The molecule has 0 amide bonds. The molecule has 0 bridgehead atoms. The molecule has 0 saturated carbocycles. The average Bonchev–Trinajstić information content (AvgIpc) is 3.71. The van der Waals surface area contributed by atoms with E-state index in [0.717, 1.165) is 0 Å². The second kappa shape index (κ2) is 12.0. The van der Waals surface area contributed by atoms with Crippen molar-refractivity contribution in [1.82, 2.24) is 9.13 Å². The van der Waals surface area contributed by atoms with Crippen LogP contribution in [0.15, 0.2) is 194 Å². The van der Waals surface area contributed by atoms with Crippen molar-refractivity contribution in [3.8, 4) is 44.5 Å². The maximum atomic E-state index is 2.58. The van der Waals surface area contributed by atoms with Crippen LogP contribution in [0.4, 0.5) is 0 Å². The predicted octanol–water partition coefficient (Wildman–Crippen LogP) is 13.1. The van der Waals surface area contributed by atoms with Crippen molar-refractivity contribution in [1.29, 1.82) is 0 Å². The standard InChI is InChI=1S/C49H34N2/c1-5-19-34(20-6-1)44-45(35-21-7-2-8-22-35)47(37-25-11-4-12-26-37)49-48(46(44)36-23-9-3-10-24-36)40-29-15-18-32-43(40)51(49)33-50-41-30-16-13-27-38(41)39-28-14-17-31-42(39)50/h1-32H,33H2. The normalized spacial score (nSPS) is 11.6. The largest absolute Gasteiger partial charge is 0.322 e. The van der Waals surface area contributed by atoms with Crippen LogP contribution in [0.25, 0.3) is 88.1 Å². The lowest BCUT2D eigenvalue weighted by molar-refractivity contribution is 0.683. The van der Waals surface area contributed by atoms with Crippen LogP contribution >= 0.6 is 0 Å². The minimum absolute atomic E-state index is 0.658. The van der Waals surface area contributed by atoms with Crippen LogP contribution in [0.2, 0.25) is 0 Å². The summed E-state index contributed by atoms with van der Waals surface area (Å²) in [5.74, 6) is 0. The molecule has 0 aliphatic rings. The van der Waals surface area contributed by atoms with E-state index in [1.807, 2.05) is 0 Å². The molecule has 0 spiro atoms. The molecule has 0 unspecified atom stereocenters. The first-order valence-corrected chi connectivity index (χ1v) is 17.7. The maximum Gasteiger partial charge on any atom is 0.100 e. The van der Waals surface area contributed by atoms with Crippen LogP contribution in [-0.2, 0) is 6.67 Å². The monoisotopic (exact) mass is 650 g/mol. The van der Waals surface area contributed by atoms with Gasteiger partial charge in [-0.2, -0.15) is 0 Å². The van der Waals surface area contributed by atoms with Crippen LogP contribution in [0.1, 0.15) is 0 Å². The maximum absolute atomic E-state index is 2.58. The molecule has 10 rings (SSSR count). The van der Waals surface area contributed by atoms with E-state index >= 15 is 0 Å². The first-order valence-electron chi connectivity index (χ1n) is 17.7. The van der Waals surface area contributed by atoms with Gasteiger partial charge in [0, 0.05) is 38.2 Å². The van der Waals surface area contributed by atoms with E-state index in [1.165, 1.54) is 88.1 Å². The van der Waals surface area contributed by atoms with E-state index in [0.29, 0.717) is 6.67 Å². The smallest absolute Gasteiger partial charge is 0.100 e. The molecular weight excluding hydrogens is 617 g/mol. The van der Waals surface area contributed by atoms with E-state index in [1.54, 1.807) is 0 Å². The highest BCUT2D eigenvalue weighted by Gasteiger charge is 2.28. The first-order chi connectivity index (χ1) is 25.4. The van der Waals surface area contributed by atoms with Gasteiger partial charge in [0.25, 0.3) is 0 Å². The number of para-hydroxylation sites is 3. The lowest BCUT2D eigenvalue weighted by Crippen LogP contribution is -2.09. The van der Waals surface area contributed by atoms with E-state index < -0.39 is 0 Å². The van der Waals surface area contributed by atoms with Crippen molar-refractivity contribution < 1.29 is 0 Å². The van der Waals surface area contributed by atoms with Gasteiger partial charge < -0.3 is 9.13 Å². The minimum atomic E-state index is 0.658. The molecule has 0 N–H and O–H groups in total. The topological polar surface area (TPSA) is 9.86 Å². The van der Waals surface area contributed by atoms with Crippen molar-refractivity contribution in [2.24, 2.45) is 0 Å². The lowest BCUT2D eigenvalue weighted by Gasteiger charge is -2.24. The van der Waals surface area contributed by atoms with Crippen LogP contribution in [0, 0.1) is 0 Å². The second-order valence-corrected chi connectivity index (χ2v) is 13.2. The van der Waals surface area contributed by atoms with Crippen molar-refractivity contribution in [3.05, 3.63) is 194 Å². The quantitative estimate of drug-likeness (QED) is 0.169. The molecule has 51 heavy (non-hydrogen) atoms. The molecule has 2 aromatic heterocycles. The highest BCUT2D eigenvalue weighted by atomic mass is 15.2. The average molecular weight is 651 g/mol. The van der Waals surface area contributed by atoms with Crippen LogP contribution in [-0.4, -0.2) is 9.13 Å². The summed E-state index contributed by atoms with van der Waals surface area (Å²) >= 11 is 0. The number of hydrogen-bond acceptors (Lipinski definition) is 0. The molecule has 0 atom stereocenters. The molecule has 0 radical (unpaired) electrons. The zero-order valence-corrected chi connectivity index (χ0v) is 28.1. The zero-order chi connectivity index (χ0) is 33.7. The summed E-state index contributed by atoms with van der Waals surface area (Å²) < 4.78 is 5.08. The van der Waals surface area contributed by atoms with Gasteiger partial charge in [0.15, 0.2) is 0 Å². The third kappa shape index (κ3) is 4.65. The predicted molar refractivity (Wildman–Crippen MR) is 216 cm³/mol. The molecule has 2 heteroatoms. The van der Waals surface area contributed by atoms with Crippen LogP contribution in [0.3, 0.4) is 0 Å². The Hall–Kier alpha value is -6.64. The summed E-state index contributed by atoms with van der Waals surface area (Å²) in [5, 5.41) is 5.08. The number of hydrogen-bond donors (Lipinski definition) is 0. The van der Waals surface area contributed by atoms with Crippen molar-refractivity contribution in [2.45, 2.75) is 6.67 Å². The third-order valence-corrected chi connectivity index (χ3v) is 10.4. The zero-order valence-electron chi connectivity index (χ0n) is 28.1. The lowest BCUT2D eigenvalue weighted by atomic mass is 9.80. The Morgan fingerprint density at radius 3 is 1.08 bits per heavy atom. The van der Waals surface area contributed by atoms with Gasteiger partial charge in [0.2, 0.25) is 0 Å². The first kappa shape index (κ1) is 29.3. The second-order valence-electron chi connectivity index (χ2n) is 13.2. The molecule has 240 valence electrons. The van der Waals surface area contributed by atoms with Gasteiger partial charge in [-0.25, -0.2) is 0 Å². The fraction of sp³-hybridized carbons (Fsp3) is 0.0204. The Morgan fingerprint density at radius 1 is 0.275 bits per heavy atom. The Labute approximate surface area is 297 Å². The Bertz CT molecular complexity index is 2790. The fourth-order valence-corrected chi connectivity index (χ4v) is 8.32. The van der Waals surface area contributed by atoms with Crippen molar-refractivity contribution >= 4 is 43.6 Å². The van der Waals surface area contributed by atoms with E-state index in [9.17, 15) is 0 Å². The van der Waals surface area contributed by atoms with Gasteiger partial charge in [-0.15, -0.1) is 0 Å². The Morgan fingerprint density at radius 2 is 0.608 bits per heavy atom. The number of nitrogens with zero attached hydrogens (tertiary/aromatic N) is 2. The summed E-state index contributed by atoms with van der Waals surface area (Å²) in [4.78, 5) is 0. The van der Waals surface area contributed by atoms with E-state index in [2.05, 4.69) is 203 Å². The van der Waals surface area contributed by atoms with Crippen molar-refractivity contribution in [3.63, 3.8) is 0 Å². The minimum Gasteiger partial charge on any atom is -0.322 e. The summed E-state index contributed by atoms with van der Waals surface area (Å²) in [5.41, 5.74) is 14.7. The summed E-state index contributed by atoms with van der Waals surface area (Å²) in [6.45, 7) is 0.658. The molecule has 0 aliphatic heterocycles. The van der Waals surface area contributed by atoms with Gasteiger partial charge in [-0.1, -0.05) is 176 Å². The van der Waals surface area contributed by atoms with E-state index in [4.69, 9.17) is 0 Å². The fourth-order valence-electron chi connectivity index (χ4n) is 8.32. The number of benzene rings is 8. The van der Waals surface area contributed by atoms with Crippen LogP contribution in [0.5, 0.6) is 0 Å². The molecule has 0 aliphatic carbocycles. The third-order valence-electron chi connectivity index (χ3n) is 10.4. The number of aromatic nitrogens is 2. The molecule has 10 aromatic rings. The van der Waals surface area contributed by atoms with Gasteiger partial charge in [-0.05, 0) is 46.0 Å². The molecule has 2 nitrogen and oxygen atoms in total. The Kier molecular flexibility index (Phi) is 6.92. The number of fused-ring (bicyclic) bond motifs is 6. The molecular formula is C49H34N2. The highest BCUT2D eigenvalue weighted by molar-refractivity contribution is 6.26. The SMILES string of the molecule is c1ccc(-c2c(-c3ccccc3)c(-c3ccccc3)c3c(c2-c2ccccc2)c2ccccc2n3Cn2c3ccccc3c3ccccc32)cc1. The van der Waals surface area contributed by atoms with E-state index in [-0.39, 0.29) is 0 Å². The Balaban J connectivity index is 1.47. The number of rotatable bonds is 6. The summed E-state index contributed by atoms with van der Waals surface area (Å²) in [6.07, 6.45) is 0. The van der Waals surface area contributed by atoms with Crippen molar-refractivity contribution in [2.75, 3.05) is 0 Å². The summed E-state index contributed by atoms with van der Waals surface area (Å²) in [7, 11) is 0. The molecule has 8 aromatic carbocycles. The van der Waals surface area contributed by atoms with Gasteiger partial charge in [0.05, 0.1) is 22.1 Å². The molecule has 2 heterocycles. The molecule has 0 fully saturated rings.